The van der Waals surface area contributed by atoms with Crippen LogP contribution in [0.15, 0.2) is 12.7 Å². The first-order chi connectivity index (χ1) is 5.07. The van der Waals surface area contributed by atoms with Crippen molar-refractivity contribution >= 4 is 5.91 Å². The van der Waals surface area contributed by atoms with Crippen LogP contribution in [0.2, 0.25) is 0 Å². The molecular weight excluding hydrogens is 138 g/mol. The van der Waals surface area contributed by atoms with Gasteiger partial charge in [-0.2, -0.15) is 0 Å². The molecule has 0 aromatic carbocycles. The number of hydrogen-bond acceptors (Lipinski definition) is 1. The second-order valence-corrected chi connectivity index (χ2v) is 3.09. The second-order valence-electron chi connectivity index (χ2n) is 3.09. The lowest BCUT2D eigenvalue weighted by Crippen LogP contribution is -2.35. The molecule has 1 unspecified atom stereocenters. The molecule has 0 bridgehead atoms. The molecule has 0 rings (SSSR count). The molecule has 1 atom stereocenters. The van der Waals surface area contributed by atoms with E-state index in [9.17, 15) is 4.79 Å². The van der Waals surface area contributed by atoms with E-state index in [0.717, 1.165) is 6.42 Å². The van der Waals surface area contributed by atoms with Gasteiger partial charge in [0.15, 0.2) is 0 Å². The minimum atomic E-state index is 0.0715. The summed E-state index contributed by atoms with van der Waals surface area (Å²) in [6.45, 7) is 9.35. The summed E-state index contributed by atoms with van der Waals surface area (Å²) >= 11 is 0. The van der Waals surface area contributed by atoms with Gasteiger partial charge in [-0.15, -0.1) is 6.58 Å². The van der Waals surface area contributed by atoms with Gasteiger partial charge in [0, 0.05) is 12.0 Å². The van der Waals surface area contributed by atoms with Crippen molar-refractivity contribution in [1.29, 1.82) is 0 Å². The molecule has 0 aliphatic heterocycles. The Balaban J connectivity index is 3.65. The zero-order valence-electron chi connectivity index (χ0n) is 7.55. The second kappa shape index (κ2) is 4.94. The summed E-state index contributed by atoms with van der Waals surface area (Å²) in [5, 5.41) is 2.87. The minimum absolute atomic E-state index is 0.0715. The van der Waals surface area contributed by atoms with E-state index in [1.165, 1.54) is 0 Å². The zero-order valence-corrected chi connectivity index (χ0v) is 7.55. The topological polar surface area (TPSA) is 29.1 Å². The largest absolute Gasteiger partial charge is 0.353 e. The molecule has 1 N–H and O–H groups in total. The van der Waals surface area contributed by atoms with Gasteiger partial charge in [0.1, 0.15) is 0 Å². The summed E-state index contributed by atoms with van der Waals surface area (Å²) in [7, 11) is 0. The van der Waals surface area contributed by atoms with Crippen LogP contribution in [0.5, 0.6) is 0 Å². The molecular formula is C9H17NO. The molecule has 2 heteroatoms. The van der Waals surface area contributed by atoms with Gasteiger partial charge in [-0.1, -0.05) is 19.9 Å². The maximum atomic E-state index is 11.1. The van der Waals surface area contributed by atoms with Crippen molar-refractivity contribution in [3.8, 4) is 0 Å². The predicted octanol–water partition coefficient (Wildman–Crippen LogP) is 1.72. The average molecular weight is 155 g/mol. The molecule has 11 heavy (non-hydrogen) atoms. The van der Waals surface area contributed by atoms with Gasteiger partial charge >= 0.3 is 0 Å². The molecule has 0 aliphatic rings. The van der Waals surface area contributed by atoms with Gasteiger partial charge in [-0.05, 0) is 13.3 Å². The third-order valence-corrected chi connectivity index (χ3v) is 1.43. The zero-order chi connectivity index (χ0) is 8.85. The highest BCUT2D eigenvalue weighted by molar-refractivity contribution is 5.78. The van der Waals surface area contributed by atoms with Crippen molar-refractivity contribution in [2.75, 3.05) is 0 Å². The van der Waals surface area contributed by atoms with Gasteiger partial charge in [-0.3, -0.25) is 4.79 Å². The number of nitrogens with one attached hydrogen (secondary N) is 1. The first kappa shape index (κ1) is 10.2. The quantitative estimate of drug-likeness (QED) is 0.615. The molecule has 0 fully saturated rings. The van der Waals surface area contributed by atoms with Crippen LogP contribution in [0.3, 0.4) is 0 Å². The van der Waals surface area contributed by atoms with Crippen LogP contribution in [0.4, 0.5) is 0 Å². The van der Waals surface area contributed by atoms with Crippen LogP contribution in [-0.2, 0) is 4.79 Å². The Kier molecular flexibility index (Phi) is 4.59. The first-order valence-electron chi connectivity index (χ1n) is 3.99. The van der Waals surface area contributed by atoms with Crippen LogP contribution in [-0.4, -0.2) is 11.9 Å². The van der Waals surface area contributed by atoms with Gasteiger partial charge in [0.2, 0.25) is 5.91 Å². The summed E-state index contributed by atoms with van der Waals surface area (Å²) in [6, 6.07) is 0.211. The molecule has 0 saturated carbocycles. The molecule has 2 nitrogen and oxygen atoms in total. The number of carbonyl (C=O) groups is 1. The molecule has 0 saturated heterocycles. The van der Waals surface area contributed by atoms with E-state index in [1.807, 2.05) is 26.8 Å². The fraction of sp³-hybridized carbons (Fsp3) is 0.667. The molecule has 0 aromatic heterocycles. The number of amides is 1. The molecule has 64 valence electrons. The highest BCUT2D eigenvalue weighted by atomic mass is 16.1. The Morgan fingerprint density at radius 2 is 2.09 bits per heavy atom. The summed E-state index contributed by atoms with van der Waals surface area (Å²) in [5.74, 6) is 0.182. The first-order valence-corrected chi connectivity index (χ1v) is 3.99. The van der Waals surface area contributed by atoms with Crippen LogP contribution in [0.25, 0.3) is 0 Å². The van der Waals surface area contributed by atoms with Crippen molar-refractivity contribution in [3.05, 3.63) is 12.7 Å². The monoisotopic (exact) mass is 155 g/mol. The lowest BCUT2D eigenvalue weighted by Gasteiger charge is -2.13. The van der Waals surface area contributed by atoms with Crippen molar-refractivity contribution in [2.24, 2.45) is 5.92 Å². The smallest absolute Gasteiger partial charge is 0.222 e. The molecule has 0 heterocycles. The van der Waals surface area contributed by atoms with E-state index in [1.54, 1.807) is 0 Å². The summed E-state index contributed by atoms with van der Waals surface area (Å²) < 4.78 is 0. The number of hydrogen-bond donors (Lipinski definition) is 1. The van der Waals surface area contributed by atoms with Crippen LogP contribution < -0.4 is 5.32 Å². The van der Waals surface area contributed by atoms with E-state index in [2.05, 4.69) is 11.9 Å². The van der Waals surface area contributed by atoms with E-state index in [0.29, 0.717) is 0 Å². The molecule has 0 aliphatic carbocycles. The third kappa shape index (κ3) is 4.59. The average Bonchev–Trinajstić information content (AvgIpc) is 1.87. The van der Waals surface area contributed by atoms with Crippen LogP contribution in [0.1, 0.15) is 27.2 Å². The SMILES string of the molecule is C=CCC(C)NC(=O)C(C)C. The maximum Gasteiger partial charge on any atom is 0.222 e. The highest BCUT2D eigenvalue weighted by Gasteiger charge is 2.08. The molecule has 0 aromatic rings. The molecule has 0 spiro atoms. The number of rotatable bonds is 4. The van der Waals surface area contributed by atoms with Crippen molar-refractivity contribution < 1.29 is 4.79 Å². The molecule has 0 radical (unpaired) electrons. The van der Waals surface area contributed by atoms with Crippen molar-refractivity contribution in [2.45, 2.75) is 33.2 Å². The summed E-state index contributed by atoms with van der Waals surface area (Å²) in [4.78, 5) is 11.1. The van der Waals surface area contributed by atoms with Gasteiger partial charge in [0.25, 0.3) is 0 Å². The van der Waals surface area contributed by atoms with Crippen LogP contribution in [0, 0.1) is 5.92 Å². The predicted molar refractivity (Wildman–Crippen MR) is 47.3 cm³/mol. The minimum Gasteiger partial charge on any atom is -0.353 e. The third-order valence-electron chi connectivity index (χ3n) is 1.43. The van der Waals surface area contributed by atoms with Gasteiger partial charge in [0.05, 0.1) is 0 Å². The standard InChI is InChI=1S/C9H17NO/c1-5-6-8(4)10-9(11)7(2)3/h5,7-8H,1,6H2,2-4H3,(H,10,11). The summed E-state index contributed by atoms with van der Waals surface area (Å²) in [6.07, 6.45) is 2.64. The van der Waals surface area contributed by atoms with Crippen molar-refractivity contribution in [3.63, 3.8) is 0 Å². The fourth-order valence-electron chi connectivity index (χ4n) is 0.718. The van der Waals surface area contributed by atoms with E-state index >= 15 is 0 Å². The highest BCUT2D eigenvalue weighted by Crippen LogP contribution is 1.95. The molecule has 1 amide bonds. The summed E-state index contributed by atoms with van der Waals surface area (Å²) in [5.41, 5.74) is 0. The van der Waals surface area contributed by atoms with Gasteiger partial charge < -0.3 is 5.32 Å². The van der Waals surface area contributed by atoms with Gasteiger partial charge in [-0.25, -0.2) is 0 Å². The fourth-order valence-corrected chi connectivity index (χ4v) is 0.718. The normalized spacial score (nSPS) is 12.7. The van der Waals surface area contributed by atoms with E-state index in [-0.39, 0.29) is 17.9 Å². The van der Waals surface area contributed by atoms with E-state index < -0.39 is 0 Å². The Morgan fingerprint density at radius 1 is 1.55 bits per heavy atom. The Bertz CT molecular complexity index is 140. The Hall–Kier alpha value is -0.790. The van der Waals surface area contributed by atoms with Crippen molar-refractivity contribution in [1.82, 2.24) is 5.32 Å². The maximum absolute atomic E-state index is 11.1. The van der Waals surface area contributed by atoms with E-state index in [4.69, 9.17) is 0 Å². The Morgan fingerprint density at radius 3 is 2.45 bits per heavy atom. The number of carbonyl (C=O) groups excluding carboxylic acids is 1. The Labute approximate surface area is 68.7 Å². The lowest BCUT2D eigenvalue weighted by molar-refractivity contribution is -0.124. The lowest BCUT2D eigenvalue weighted by atomic mass is 10.1. The van der Waals surface area contributed by atoms with Crippen LogP contribution >= 0.6 is 0 Å².